The number of ether oxygens (including phenoxy) is 1. The highest BCUT2D eigenvalue weighted by Gasteiger charge is 2.48. The second-order valence-electron chi connectivity index (χ2n) is 19.1. The summed E-state index contributed by atoms with van der Waals surface area (Å²) in [6, 6.07) is 26.2. The number of aryl methyl sites for hydroxylation is 1. The van der Waals surface area contributed by atoms with Gasteiger partial charge in [-0.15, -0.1) is 11.3 Å². The summed E-state index contributed by atoms with van der Waals surface area (Å²) < 4.78 is 59.2. The monoisotopic (exact) mass is 742 g/mol. The Morgan fingerprint density at radius 1 is 0.655 bits per heavy atom. The smallest absolute Gasteiger partial charge is 0.268 e. The molecule has 0 bridgehead atoms. The van der Waals surface area contributed by atoms with Crippen molar-refractivity contribution in [2.45, 2.75) is 110 Å². The fraction of sp³-hybridized carbons (Fsp3) is 0.333. The van der Waals surface area contributed by atoms with Crippen molar-refractivity contribution in [2.75, 3.05) is 4.90 Å². The van der Waals surface area contributed by atoms with Crippen molar-refractivity contribution in [3.05, 3.63) is 131 Å². The Kier molecular flexibility index (Phi) is 6.34. The standard InChI is InChI=1S/C51H52BNOS/c1-31-26-41-44-42(27-31)54-45-43(32-16-12-10-13-17-32)46(33-18-14-11-15-19-33)55-47(45)52(44)39-29-37-38(51(8,9)25-24-50(37,6)7)30-40(39)53(41)34-20-21-35-36(28-34)49(4,5)23-22-48(35,2)3/h10-21,26-30H,22-25H2,1-9H3/i20D,21D,28D,29D,30D. The zero-order valence-electron chi connectivity index (χ0n) is 38.6. The maximum Gasteiger partial charge on any atom is 0.268 e. The van der Waals surface area contributed by atoms with E-state index in [9.17, 15) is 6.85 Å². The third-order valence-corrected chi connectivity index (χ3v) is 14.5. The van der Waals surface area contributed by atoms with E-state index in [-0.39, 0.29) is 29.0 Å². The molecule has 2 aliphatic carbocycles. The van der Waals surface area contributed by atoms with E-state index in [0.717, 1.165) is 102 Å². The first-order valence-corrected chi connectivity index (χ1v) is 20.8. The molecule has 4 aliphatic rings. The van der Waals surface area contributed by atoms with Crippen LogP contribution < -0.4 is 25.3 Å². The number of hydrogen-bond donors (Lipinski definition) is 0. The van der Waals surface area contributed by atoms with Gasteiger partial charge in [-0.1, -0.05) is 128 Å². The average Bonchev–Trinajstić information content (AvgIpc) is 3.58. The lowest BCUT2D eigenvalue weighted by Gasteiger charge is -2.46. The Balaban J connectivity index is 1.38. The lowest BCUT2D eigenvalue weighted by atomic mass is 9.36. The predicted octanol–water partition coefficient (Wildman–Crippen LogP) is 12.5. The van der Waals surface area contributed by atoms with Gasteiger partial charge in [0.15, 0.2) is 0 Å². The summed E-state index contributed by atoms with van der Waals surface area (Å²) in [5.41, 5.74) is 9.15. The Morgan fingerprint density at radius 2 is 1.22 bits per heavy atom. The topological polar surface area (TPSA) is 12.5 Å². The summed E-state index contributed by atoms with van der Waals surface area (Å²) in [6.45, 7) is 19.1. The lowest BCUT2D eigenvalue weighted by Crippen LogP contribution is -2.59. The normalized spacial score (nSPS) is 20.3. The minimum absolute atomic E-state index is 0.0151. The van der Waals surface area contributed by atoms with Gasteiger partial charge in [-0.25, -0.2) is 0 Å². The molecule has 0 radical (unpaired) electrons. The van der Waals surface area contributed by atoms with Gasteiger partial charge in [0, 0.05) is 32.3 Å². The van der Waals surface area contributed by atoms with E-state index in [0.29, 0.717) is 29.2 Å². The fourth-order valence-electron chi connectivity index (χ4n) is 9.74. The number of rotatable bonds is 3. The minimum atomic E-state index is -0.454. The van der Waals surface area contributed by atoms with Gasteiger partial charge in [-0.05, 0) is 134 Å². The second kappa shape index (κ2) is 11.7. The van der Waals surface area contributed by atoms with E-state index in [4.69, 9.17) is 4.74 Å². The summed E-state index contributed by atoms with van der Waals surface area (Å²) in [6.07, 6.45) is 3.48. The van der Waals surface area contributed by atoms with Crippen molar-refractivity contribution in [1.29, 1.82) is 0 Å². The second-order valence-corrected chi connectivity index (χ2v) is 20.1. The van der Waals surface area contributed by atoms with Crippen molar-refractivity contribution in [2.24, 2.45) is 0 Å². The van der Waals surface area contributed by atoms with Gasteiger partial charge in [0.05, 0.1) is 6.85 Å². The summed E-state index contributed by atoms with van der Waals surface area (Å²) >= 11 is 1.70. The highest BCUT2D eigenvalue weighted by atomic mass is 32.1. The van der Waals surface area contributed by atoms with Crippen LogP contribution in [0, 0.1) is 6.92 Å². The molecule has 6 aromatic rings. The van der Waals surface area contributed by atoms with E-state index >= 15 is 0 Å². The molecule has 5 aromatic carbocycles. The molecular weight excluding hydrogens is 685 g/mol. The largest absolute Gasteiger partial charge is 0.457 e. The van der Waals surface area contributed by atoms with E-state index < -0.39 is 17.5 Å². The van der Waals surface area contributed by atoms with Gasteiger partial charge < -0.3 is 9.64 Å². The van der Waals surface area contributed by atoms with E-state index in [1.807, 2.05) is 24.0 Å². The van der Waals surface area contributed by atoms with Gasteiger partial charge in [-0.3, -0.25) is 0 Å². The lowest BCUT2D eigenvalue weighted by molar-refractivity contribution is 0.332. The van der Waals surface area contributed by atoms with Crippen LogP contribution in [0.15, 0.2) is 103 Å². The zero-order chi connectivity index (χ0) is 42.6. The van der Waals surface area contributed by atoms with Crippen molar-refractivity contribution < 1.29 is 11.6 Å². The zero-order valence-corrected chi connectivity index (χ0v) is 34.4. The fourth-order valence-corrected chi connectivity index (χ4v) is 11.1. The van der Waals surface area contributed by atoms with Crippen LogP contribution in [0.4, 0.5) is 17.1 Å². The molecule has 0 atom stereocenters. The highest BCUT2D eigenvalue weighted by molar-refractivity contribution is 7.31. The van der Waals surface area contributed by atoms with Gasteiger partial charge in [0.2, 0.25) is 0 Å². The van der Waals surface area contributed by atoms with Crippen LogP contribution in [0.3, 0.4) is 0 Å². The van der Waals surface area contributed by atoms with Gasteiger partial charge in [-0.2, -0.15) is 0 Å². The molecule has 0 fully saturated rings. The highest BCUT2D eigenvalue weighted by Crippen LogP contribution is 2.53. The first-order valence-electron chi connectivity index (χ1n) is 22.5. The number of fused-ring (bicyclic) bond motifs is 6. The third-order valence-electron chi connectivity index (χ3n) is 13.3. The molecule has 0 unspecified atom stereocenters. The Labute approximate surface area is 339 Å². The minimum Gasteiger partial charge on any atom is -0.457 e. The van der Waals surface area contributed by atoms with Crippen LogP contribution in [-0.4, -0.2) is 6.71 Å². The third kappa shape index (κ3) is 5.19. The van der Waals surface area contributed by atoms with Crippen molar-refractivity contribution in [1.82, 2.24) is 0 Å². The Bertz CT molecular complexity index is 2830. The maximum atomic E-state index is 10.6. The summed E-state index contributed by atoms with van der Waals surface area (Å²) in [5.74, 6) is 1.45. The molecule has 0 N–H and O–H groups in total. The number of benzene rings is 5. The van der Waals surface area contributed by atoms with Crippen LogP contribution in [0.1, 0.15) is 116 Å². The number of nitrogens with zero attached hydrogens (tertiary/aromatic N) is 1. The quantitative estimate of drug-likeness (QED) is 0.167. The predicted molar refractivity (Wildman–Crippen MR) is 236 cm³/mol. The van der Waals surface area contributed by atoms with Crippen molar-refractivity contribution in [3.8, 4) is 33.1 Å². The van der Waals surface area contributed by atoms with Crippen LogP contribution in [0.2, 0.25) is 0 Å². The van der Waals surface area contributed by atoms with Crippen LogP contribution >= 0.6 is 11.3 Å². The van der Waals surface area contributed by atoms with E-state index in [2.05, 4.69) is 116 Å². The molecule has 0 spiro atoms. The van der Waals surface area contributed by atoms with Crippen molar-refractivity contribution in [3.63, 3.8) is 0 Å². The SMILES string of the molecule is [2H]c1c([2H])c2c(c([2H])c1N1c3cc(C)cc4c3B(c3sc(-c5ccccc5)c(-c5ccccc5)c3O4)c3c([2H])c4c(c([2H])c31)C(C)(C)CCC4(C)C)C(C)(C)CCC2(C)C. The molecule has 276 valence electrons. The van der Waals surface area contributed by atoms with E-state index in [1.54, 1.807) is 11.3 Å². The molecule has 4 heteroatoms. The molecule has 2 aliphatic heterocycles. The first-order chi connectivity index (χ1) is 28.3. The first kappa shape index (κ1) is 29.7. The van der Waals surface area contributed by atoms with Crippen LogP contribution in [-0.2, 0) is 21.7 Å². The molecule has 3 heterocycles. The Hall–Kier alpha value is -4.54. The van der Waals surface area contributed by atoms with Gasteiger partial charge in [0.1, 0.15) is 11.5 Å². The molecule has 55 heavy (non-hydrogen) atoms. The van der Waals surface area contributed by atoms with Gasteiger partial charge >= 0.3 is 0 Å². The summed E-state index contributed by atoms with van der Waals surface area (Å²) in [4.78, 5) is 3.05. The molecule has 10 rings (SSSR count). The number of thiophene rings is 1. The number of hydrogen-bond acceptors (Lipinski definition) is 3. The van der Waals surface area contributed by atoms with Crippen LogP contribution in [0.5, 0.6) is 11.5 Å². The molecule has 0 saturated heterocycles. The molecule has 0 saturated carbocycles. The number of anilines is 3. The summed E-state index contributed by atoms with van der Waals surface area (Å²) in [5, 5.41) is 0. The molecule has 2 nitrogen and oxygen atoms in total. The molecule has 0 amide bonds. The van der Waals surface area contributed by atoms with Gasteiger partial charge in [0.25, 0.3) is 6.71 Å². The maximum absolute atomic E-state index is 10.6. The van der Waals surface area contributed by atoms with Crippen molar-refractivity contribution >= 4 is 50.8 Å². The van der Waals surface area contributed by atoms with Crippen LogP contribution in [0.25, 0.3) is 21.6 Å². The summed E-state index contributed by atoms with van der Waals surface area (Å²) in [7, 11) is 0. The molecule has 1 aromatic heterocycles. The average molecular weight is 743 g/mol. The van der Waals surface area contributed by atoms with E-state index in [1.165, 1.54) is 0 Å². The Morgan fingerprint density at radius 3 is 1.85 bits per heavy atom. The molecular formula is C51H52BNOS.